The molecule has 2 aromatic carbocycles. The van der Waals surface area contributed by atoms with Crippen molar-refractivity contribution in [1.29, 1.82) is 0 Å². The third-order valence-electron chi connectivity index (χ3n) is 5.37. The number of carbonyl (C=O) groups is 2. The van der Waals surface area contributed by atoms with E-state index in [1.165, 1.54) is 18.2 Å². The molecule has 1 aliphatic rings. The first-order chi connectivity index (χ1) is 14.9. The summed E-state index contributed by atoms with van der Waals surface area (Å²) in [6.07, 6.45) is 2.45. The number of amides is 2. The maximum Gasteiger partial charge on any atom is 0.255 e. The van der Waals surface area contributed by atoms with Gasteiger partial charge in [0.05, 0.1) is 6.10 Å². The van der Waals surface area contributed by atoms with Crippen molar-refractivity contribution in [2.45, 2.75) is 38.8 Å². The lowest BCUT2D eigenvalue weighted by Gasteiger charge is -2.28. The Balaban J connectivity index is 1.82. The van der Waals surface area contributed by atoms with Crippen molar-refractivity contribution in [2.75, 3.05) is 37.5 Å². The van der Waals surface area contributed by atoms with Crippen LogP contribution < -0.4 is 10.2 Å². The average Bonchev–Trinajstić information content (AvgIpc) is 3.26. The van der Waals surface area contributed by atoms with Crippen LogP contribution in [0.1, 0.15) is 42.1 Å². The molecule has 2 aromatic rings. The normalized spacial score (nSPS) is 15.5. The topological polar surface area (TPSA) is 61.9 Å². The van der Waals surface area contributed by atoms with Gasteiger partial charge in [0.2, 0.25) is 5.91 Å². The summed E-state index contributed by atoms with van der Waals surface area (Å²) >= 11 is 0. The number of halogens is 1. The number of hydrogen-bond donors (Lipinski definition) is 1. The summed E-state index contributed by atoms with van der Waals surface area (Å²) in [5.74, 6) is -0.780. The van der Waals surface area contributed by atoms with Crippen molar-refractivity contribution < 1.29 is 18.7 Å². The zero-order valence-corrected chi connectivity index (χ0v) is 18.4. The Hall–Kier alpha value is -2.93. The number of ether oxygens (including phenoxy) is 1. The molecular weight excluding hydrogens is 397 g/mol. The fourth-order valence-corrected chi connectivity index (χ4v) is 3.78. The first-order valence-electron chi connectivity index (χ1n) is 10.6. The van der Waals surface area contributed by atoms with Crippen molar-refractivity contribution in [1.82, 2.24) is 4.90 Å². The van der Waals surface area contributed by atoms with Gasteiger partial charge in [-0.15, -0.1) is 0 Å². The lowest BCUT2D eigenvalue weighted by molar-refractivity contribution is -0.133. The molecule has 1 fully saturated rings. The van der Waals surface area contributed by atoms with Crippen LogP contribution in [0.3, 0.4) is 0 Å². The van der Waals surface area contributed by atoms with Crippen molar-refractivity contribution in [3.63, 3.8) is 0 Å². The van der Waals surface area contributed by atoms with Gasteiger partial charge in [0.1, 0.15) is 5.82 Å². The highest BCUT2D eigenvalue weighted by molar-refractivity contribution is 6.04. The van der Waals surface area contributed by atoms with Gasteiger partial charge in [-0.3, -0.25) is 9.59 Å². The number of rotatable bonds is 8. The van der Waals surface area contributed by atoms with Crippen molar-refractivity contribution in [2.24, 2.45) is 0 Å². The Morgan fingerprint density at radius 3 is 2.65 bits per heavy atom. The van der Waals surface area contributed by atoms with Crippen LogP contribution in [0.4, 0.5) is 15.8 Å². The van der Waals surface area contributed by atoms with Gasteiger partial charge in [-0.05, 0) is 54.8 Å². The standard InChI is InChI=1S/C24H30FN3O3/c1-4-23(29)28(16-21-9-6-12-31-21)15-18-14-20(10-11-22(18)27(2)3)26-24(30)17-7-5-8-19(25)13-17/h5,7-8,10-11,13-14,21H,4,6,9,12,15-16H2,1-3H3,(H,26,30). The number of anilines is 2. The summed E-state index contributed by atoms with van der Waals surface area (Å²) in [5.41, 5.74) is 2.72. The third kappa shape index (κ3) is 6.04. The van der Waals surface area contributed by atoms with Crippen molar-refractivity contribution in [3.05, 3.63) is 59.4 Å². The Bertz CT molecular complexity index is 926. The molecule has 31 heavy (non-hydrogen) atoms. The molecule has 1 unspecified atom stereocenters. The predicted molar refractivity (Wildman–Crippen MR) is 120 cm³/mol. The minimum Gasteiger partial charge on any atom is -0.377 e. The maximum absolute atomic E-state index is 13.5. The van der Waals surface area contributed by atoms with Gasteiger partial charge in [0.15, 0.2) is 0 Å². The van der Waals surface area contributed by atoms with Gasteiger partial charge >= 0.3 is 0 Å². The molecule has 0 saturated carbocycles. The Morgan fingerprint density at radius 1 is 1.19 bits per heavy atom. The van der Waals surface area contributed by atoms with E-state index in [4.69, 9.17) is 4.74 Å². The predicted octanol–water partition coefficient (Wildman–Crippen LogP) is 4.06. The molecule has 0 aromatic heterocycles. The first kappa shape index (κ1) is 22.7. The van der Waals surface area contributed by atoms with Gasteiger partial charge in [-0.2, -0.15) is 0 Å². The molecule has 2 amide bonds. The maximum atomic E-state index is 13.5. The Morgan fingerprint density at radius 2 is 2.00 bits per heavy atom. The summed E-state index contributed by atoms with van der Waals surface area (Å²) in [6.45, 7) is 3.57. The fraction of sp³-hybridized carbons (Fsp3) is 0.417. The summed E-state index contributed by atoms with van der Waals surface area (Å²) in [5, 5.41) is 2.83. The third-order valence-corrected chi connectivity index (χ3v) is 5.37. The van der Waals surface area contributed by atoms with E-state index in [0.717, 1.165) is 30.7 Å². The van der Waals surface area contributed by atoms with E-state index in [2.05, 4.69) is 5.32 Å². The molecule has 0 aliphatic carbocycles. The van der Waals surface area contributed by atoms with E-state index in [1.807, 2.05) is 49.0 Å². The van der Waals surface area contributed by atoms with E-state index >= 15 is 0 Å². The molecule has 1 saturated heterocycles. The number of hydrogen-bond acceptors (Lipinski definition) is 4. The summed E-state index contributed by atoms with van der Waals surface area (Å²) in [4.78, 5) is 29.0. The largest absolute Gasteiger partial charge is 0.377 e. The van der Waals surface area contributed by atoms with E-state index in [9.17, 15) is 14.0 Å². The minimum absolute atomic E-state index is 0.0640. The van der Waals surface area contributed by atoms with Crippen molar-refractivity contribution >= 4 is 23.2 Å². The Kier molecular flexibility index (Phi) is 7.63. The summed E-state index contributed by atoms with van der Waals surface area (Å²) in [6, 6.07) is 11.2. The number of nitrogens with zero attached hydrogens (tertiary/aromatic N) is 2. The van der Waals surface area contributed by atoms with Gasteiger partial charge in [0.25, 0.3) is 5.91 Å². The van der Waals surface area contributed by atoms with Crippen LogP contribution in [0.25, 0.3) is 0 Å². The lowest BCUT2D eigenvalue weighted by Crippen LogP contribution is -2.36. The zero-order chi connectivity index (χ0) is 22.4. The Labute approximate surface area is 183 Å². The van der Waals surface area contributed by atoms with Crippen LogP contribution in [0, 0.1) is 5.82 Å². The molecule has 0 bridgehead atoms. The van der Waals surface area contributed by atoms with Crippen LogP contribution in [0.15, 0.2) is 42.5 Å². The van der Waals surface area contributed by atoms with E-state index in [0.29, 0.717) is 25.2 Å². The molecule has 1 N–H and O–H groups in total. The van der Waals surface area contributed by atoms with E-state index in [1.54, 1.807) is 6.07 Å². The number of nitrogens with one attached hydrogen (secondary N) is 1. The van der Waals surface area contributed by atoms with Crippen LogP contribution in [0.5, 0.6) is 0 Å². The second kappa shape index (κ2) is 10.4. The SMILES string of the molecule is CCC(=O)N(Cc1cc(NC(=O)c2cccc(F)c2)ccc1N(C)C)CC1CCCO1. The number of carbonyl (C=O) groups excluding carboxylic acids is 2. The second-order valence-electron chi connectivity index (χ2n) is 7.97. The van der Waals surface area contributed by atoms with Gasteiger partial charge < -0.3 is 19.9 Å². The molecule has 1 atom stereocenters. The van der Waals surface area contributed by atoms with E-state index < -0.39 is 5.82 Å². The van der Waals surface area contributed by atoms with Crippen LogP contribution >= 0.6 is 0 Å². The highest BCUT2D eigenvalue weighted by atomic mass is 19.1. The van der Waals surface area contributed by atoms with E-state index in [-0.39, 0.29) is 23.5 Å². The second-order valence-corrected chi connectivity index (χ2v) is 7.97. The highest BCUT2D eigenvalue weighted by Crippen LogP contribution is 2.26. The lowest BCUT2D eigenvalue weighted by atomic mass is 10.1. The number of benzene rings is 2. The fourth-order valence-electron chi connectivity index (χ4n) is 3.78. The molecule has 0 spiro atoms. The first-order valence-corrected chi connectivity index (χ1v) is 10.6. The summed E-state index contributed by atoms with van der Waals surface area (Å²) in [7, 11) is 3.88. The monoisotopic (exact) mass is 427 g/mol. The highest BCUT2D eigenvalue weighted by Gasteiger charge is 2.23. The van der Waals surface area contributed by atoms with Crippen LogP contribution in [-0.2, 0) is 16.1 Å². The summed E-state index contributed by atoms with van der Waals surface area (Å²) < 4.78 is 19.2. The molecule has 3 rings (SSSR count). The molecular formula is C24H30FN3O3. The molecule has 166 valence electrons. The van der Waals surface area contributed by atoms with Gasteiger partial charge in [0, 0.05) is 57.2 Å². The van der Waals surface area contributed by atoms with Crippen molar-refractivity contribution in [3.8, 4) is 0 Å². The molecule has 0 radical (unpaired) electrons. The minimum atomic E-state index is -0.459. The zero-order valence-electron chi connectivity index (χ0n) is 18.4. The molecule has 7 heteroatoms. The smallest absolute Gasteiger partial charge is 0.255 e. The molecule has 1 heterocycles. The van der Waals surface area contributed by atoms with Crippen LogP contribution in [-0.4, -0.2) is 50.1 Å². The quantitative estimate of drug-likeness (QED) is 0.690. The van der Waals surface area contributed by atoms with Crippen LogP contribution in [0.2, 0.25) is 0 Å². The van der Waals surface area contributed by atoms with Gasteiger partial charge in [-0.1, -0.05) is 13.0 Å². The average molecular weight is 428 g/mol. The van der Waals surface area contributed by atoms with Gasteiger partial charge in [-0.25, -0.2) is 4.39 Å². The molecule has 6 nitrogen and oxygen atoms in total. The molecule has 1 aliphatic heterocycles.